The summed E-state index contributed by atoms with van der Waals surface area (Å²) in [4.78, 5) is 8.61. The summed E-state index contributed by atoms with van der Waals surface area (Å²) < 4.78 is 0. The normalized spacial score (nSPS) is 12.6. The largest absolute Gasteiger partial charge is 0.367 e. The van der Waals surface area contributed by atoms with E-state index in [1.807, 2.05) is 20.9 Å². The lowest BCUT2D eigenvalue weighted by atomic mass is 10.3. The number of rotatable bonds is 4. The first-order valence-electron chi connectivity index (χ1n) is 4.85. The molecule has 1 heterocycles. The van der Waals surface area contributed by atoms with Crippen molar-refractivity contribution >= 4 is 5.82 Å². The van der Waals surface area contributed by atoms with E-state index in [1.165, 1.54) is 0 Å². The summed E-state index contributed by atoms with van der Waals surface area (Å²) in [5, 5.41) is 6.38. The molecule has 0 spiro atoms. The maximum atomic E-state index is 4.38. The number of nitrogens with one attached hydrogen (secondary N) is 2. The van der Waals surface area contributed by atoms with E-state index in [1.54, 1.807) is 6.20 Å². The second kappa shape index (κ2) is 4.91. The summed E-state index contributed by atoms with van der Waals surface area (Å²) in [6.45, 7) is 6.90. The quantitative estimate of drug-likeness (QED) is 0.754. The Bertz CT molecular complexity index is 298. The fourth-order valence-corrected chi connectivity index (χ4v) is 0.987. The number of likely N-dealkylation sites (N-methyl/N-ethyl adjacent to an activating group) is 1. The predicted octanol–water partition coefficient (Wildman–Crippen LogP) is 1.11. The lowest BCUT2D eigenvalue weighted by Crippen LogP contribution is -2.29. The van der Waals surface area contributed by atoms with Crippen molar-refractivity contribution in [2.24, 2.45) is 0 Å². The molecule has 0 fully saturated rings. The molecule has 0 aliphatic carbocycles. The summed E-state index contributed by atoms with van der Waals surface area (Å²) in [7, 11) is 1.94. The van der Waals surface area contributed by atoms with Gasteiger partial charge in [0.15, 0.2) is 0 Å². The highest BCUT2D eigenvalue weighted by atomic mass is 15.0. The van der Waals surface area contributed by atoms with E-state index >= 15 is 0 Å². The predicted molar refractivity (Wildman–Crippen MR) is 58.5 cm³/mol. The standard InChI is InChI=1S/C10H18N4/c1-7(11-4)5-13-10-6-12-8(2)9(3)14-10/h6-7,11H,5H2,1-4H3,(H,13,14). The Morgan fingerprint density at radius 3 is 2.64 bits per heavy atom. The summed E-state index contributed by atoms with van der Waals surface area (Å²) >= 11 is 0. The molecule has 0 aromatic carbocycles. The average Bonchev–Trinajstić information content (AvgIpc) is 2.19. The van der Waals surface area contributed by atoms with Crippen molar-refractivity contribution in [2.45, 2.75) is 26.8 Å². The molecule has 1 atom stereocenters. The molecule has 4 nitrogen and oxygen atoms in total. The molecule has 0 aliphatic heterocycles. The van der Waals surface area contributed by atoms with Crippen LogP contribution in [-0.2, 0) is 0 Å². The van der Waals surface area contributed by atoms with Crippen molar-refractivity contribution in [3.63, 3.8) is 0 Å². The zero-order chi connectivity index (χ0) is 10.6. The van der Waals surface area contributed by atoms with Crippen LogP contribution < -0.4 is 10.6 Å². The highest BCUT2D eigenvalue weighted by Crippen LogP contribution is 2.05. The minimum absolute atomic E-state index is 0.429. The lowest BCUT2D eigenvalue weighted by Gasteiger charge is -2.12. The molecule has 4 heteroatoms. The number of nitrogens with zero attached hydrogens (tertiary/aromatic N) is 2. The lowest BCUT2D eigenvalue weighted by molar-refractivity contribution is 0.637. The second-order valence-electron chi connectivity index (χ2n) is 3.50. The monoisotopic (exact) mass is 194 g/mol. The molecule has 0 saturated carbocycles. The highest BCUT2D eigenvalue weighted by Gasteiger charge is 2.00. The van der Waals surface area contributed by atoms with Crippen LogP contribution in [0.5, 0.6) is 0 Å². The third kappa shape index (κ3) is 2.96. The van der Waals surface area contributed by atoms with E-state index in [0.29, 0.717) is 6.04 Å². The van der Waals surface area contributed by atoms with Crippen molar-refractivity contribution in [3.8, 4) is 0 Å². The van der Waals surface area contributed by atoms with Gasteiger partial charge in [-0.05, 0) is 27.8 Å². The Hall–Kier alpha value is -1.16. The number of aryl methyl sites for hydroxylation is 2. The number of anilines is 1. The molecule has 0 saturated heterocycles. The van der Waals surface area contributed by atoms with Gasteiger partial charge in [0.2, 0.25) is 0 Å². The van der Waals surface area contributed by atoms with E-state index in [9.17, 15) is 0 Å². The fourth-order valence-electron chi connectivity index (χ4n) is 0.987. The van der Waals surface area contributed by atoms with Crippen molar-refractivity contribution in [3.05, 3.63) is 17.6 Å². The van der Waals surface area contributed by atoms with Crippen LogP contribution in [0.15, 0.2) is 6.20 Å². The molecular formula is C10H18N4. The number of aromatic nitrogens is 2. The average molecular weight is 194 g/mol. The van der Waals surface area contributed by atoms with Crippen LogP contribution in [0.4, 0.5) is 5.82 Å². The molecule has 0 aliphatic rings. The van der Waals surface area contributed by atoms with Gasteiger partial charge in [-0.1, -0.05) is 0 Å². The molecule has 78 valence electrons. The van der Waals surface area contributed by atoms with Crippen LogP contribution in [-0.4, -0.2) is 29.6 Å². The third-order valence-electron chi connectivity index (χ3n) is 2.27. The zero-order valence-electron chi connectivity index (χ0n) is 9.26. The summed E-state index contributed by atoms with van der Waals surface area (Å²) in [6.07, 6.45) is 1.77. The third-order valence-corrected chi connectivity index (χ3v) is 2.27. The molecule has 1 aromatic rings. The van der Waals surface area contributed by atoms with Crippen LogP contribution in [0, 0.1) is 13.8 Å². The first-order valence-corrected chi connectivity index (χ1v) is 4.85. The Morgan fingerprint density at radius 2 is 2.07 bits per heavy atom. The highest BCUT2D eigenvalue weighted by molar-refractivity contribution is 5.33. The van der Waals surface area contributed by atoms with E-state index in [4.69, 9.17) is 0 Å². The van der Waals surface area contributed by atoms with Gasteiger partial charge in [-0.2, -0.15) is 0 Å². The molecule has 1 rings (SSSR count). The van der Waals surface area contributed by atoms with Gasteiger partial charge in [-0.15, -0.1) is 0 Å². The number of hydrogen-bond acceptors (Lipinski definition) is 4. The second-order valence-corrected chi connectivity index (χ2v) is 3.50. The first-order chi connectivity index (χ1) is 6.63. The smallest absolute Gasteiger partial charge is 0.144 e. The zero-order valence-corrected chi connectivity index (χ0v) is 9.26. The molecule has 1 unspecified atom stereocenters. The van der Waals surface area contributed by atoms with Gasteiger partial charge in [-0.3, -0.25) is 4.98 Å². The summed E-state index contributed by atoms with van der Waals surface area (Å²) in [5.74, 6) is 0.843. The minimum atomic E-state index is 0.429. The van der Waals surface area contributed by atoms with E-state index in [0.717, 1.165) is 23.8 Å². The molecule has 1 aromatic heterocycles. The van der Waals surface area contributed by atoms with Gasteiger partial charge in [0.25, 0.3) is 0 Å². The molecule has 14 heavy (non-hydrogen) atoms. The van der Waals surface area contributed by atoms with E-state index in [-0.39, 0.29) is 0 Å². The Labute approximate surface area is 85.2 Å². The van der Waals surface area contributed by atoms with E-state index < -0.39 is 0 Å². The maximum Gasteiger partial charge on any atom is 0.144 e. The minimum Gasteiger partial charge on any atom is -0.367 e. The van der Waals surface area contributed by atoms with Crippen LogP contribution >= 0.6 is 0 Å². The topological polar surface area (TPSA) is 49.8 Å². The van der Waals surface area contributed by atoms with Crippen molar-refractivity contribution in [2.75, 3.05) is 18.9 Å². The van der Waals surface area contributed by atoms with Gasteiger partial charge in [0.1, 0.15) is 5.82 Å². The van der Waals surface area contributed by atoms with Gasteiger partial charge in [0.05, 0.1) is 17.6 Å². The molecule has 2 N–H and O–H groups in total. The molecule has 0 amide bonds. The van der Waals surface area contributed by atoms with Gasteiger partial charge in [0, 0.05) is 12.6 Å². The van der Waals surface area contributed by atoms with Crippen LogP contribution in [0.3, 0.4) is 0 Å². The van der Waals surface area contributed by atoms with E-state index in [2.05, 4.69) is 27.5 Å². The summed E-state index contributed by atoms with van der Waals surface area (Å²) in [6, 6.07) is 0.429. The van der Waals surface area contributed by atoms with Crippen LogP contribution in [0.2, 0.25) is 0 Å². The SMILES string of the molecule is CNC(C)CNc1cnc(C)c(C)n1. The Balaban J connectivity index is 2.55. The Kier molecular flexibility index (Phi) is 3.83. The van der Waals surface area contributed by atoms with Gasteiger partial charge in [-0.25, -0.2) is 4.98 Å². The maximum absolute atomic E-state index is 4.38. The van der Waals surface area contributed by atoms with Gasteiger partial charge >= 0.3 is 0 Å². The van der Waals surface area contributed by atoms with Crippen LogP contribution in [0.1, 0.15) is 18.3 Å². The van der Waals surface area contributed by atoms with Crippen molar-refractivity contribution in [1.29, 1.82) is 0 Å². The van der Waals surface area contributed by atoms with Gasteiger partial charge < -0.3 is 10.6 Å². The van der Waals surface area contributed by atoms with Crippen molar-refractivity contribution < 1.29 is 0 Å². The fraction of sp³-hybridized carbons (Fsp3) is 0.600. The number of hydrogen-bond donors (Lipinski definition) is 2. The summed E-state index contributed by atoms with van der Waals surface area (Å²) in [5.41, 5.74) is 1.96. The van der Waals surface area contributed by atoms with Crippen molar-refractivity contribution in [1.82, 2.24) is 15.3 Å². The molecule has 0 bridgehead atoms. The Morgan fingerprint density at radius 1 is 1.36 bits per heavy atom. The van der Waals surface area contributed by atoms with Crippen LogP contribution in [0.25, 0.3) is 0 Å². The molecular weight excluding hydrogens is 176 g/mol. The first kappa shape index (κ1) is 10.9. The molecule has 0 radical (unpaired) electrons.